The fraction of sp³-hybridized carbons (Fsp3) is 0. The van der Waals surface area contributed by atoms with Crippen LogP contribution in [0.5, 0.6) is 0 Å². The summed E-state index contributed by atoms with van der Waals surface area (Å²) in [5.74, 6) is -1.44. The second kappa shape index (κ2) is 5.67. The average Bonchev–Trinajstić information content (AvgIpc) is 2.37. The molecule has 2 aromatic rings. The number of hydrogen-bond donors (Lipinski definition) is 1. The molecule has 1 aromatic carbocycles. The van der Waals surface area contributed by atoms with E-state index in [1.165, 1.54) is 6.07 Å². The van der Waals surface area contributed by atoms with Gasteiger partial charge in [0.1, 0.15) is 5.76 Å². The van der Waals surface area contributed by atoms with Crippen LogP contribution in [0.2, 0.25) is 0 Å². The maximum Gasteiger partial charge on any atom is 0.371 e. The first-order valence-electron chi connectivity index (χ1n) is 5.37. The second-order valence-corrected chi connectivity index (χ2v) is 4.67. The molecule has 96 valence electrons. The molecule has 0 aliphatic heterocycles. The molecule has 0 unspecified atom stereocenters. The Hall–Kier alpha value is -2.14. The molecule has 0 amide bonds. The second-order valence-electron chi connectivity index (χ2n) is 3.75. The fourth-order valence-corrected chi connectivity index (χ4v) is 1.70. The van der Waals surface area contributed by atoms with Gasteiger partial charge in [0.15, 0.2) is 5.43 Å². The number of hydrogen-bond acceptors (Lipinski definition) is 3. The lowest BCUT2D eigenvalue weighted by Crippen LogP contribution is -2.05. The average molecular weight is 321 g/mol. The van der Waals surface area contributed by atoms with E-state index < -0.39 is 11.4 Å². The van der Waals surface area contributed by atoms with Crippen LogP contribution in [0.4, 0.5) is 0 Å². The summed E-state index contributed by atoms with van der Waals surface area (Å²) in [5, 5.41) is 8.79. The van der Waals surface area contributed by atoms with Crippen molar-refractivity contribution in [3.8, 4) is 0 Å². The zero-order chi connectivity index (χ0) is 13.8. The van der Waals surface area contributed by atoms with E-state index in [4.69, 9.17) is 9.52 Å². The molecule has 0 saturated heterocycles. The molecular formula is C14H9BrO4. The summed E-state index contributed by atoms with van der Waals surface area (Å²) < 4.78 is 6.03. The van der Waals surface area contributed by atoms with Crippen molar-refractivity contribution in [2.45, 2.75) is 0 Å². The van der Waals surface area contributed by atoms with Crippen molar-refractivity contribution in [3.63, 3.8) is 0 Å². The Balaban J connectivity index is 2.30. The predicted molar refractivity (Wildman–Crippen MR) is 75.0 cm³/mol. The molecule has 4 nitrogen and oxygen atoms in total. The van der Waals surface area contributed by atoms with Gasteiger partial charge < -0.3 is 9.52 Å². The summed E-state index contributed by atoms with van der Waals surface area (Å²) in [4.78, 5) is 22.1. The number of benzene rings is 1. The zero-order valence-corrected chi connectivity index (χ0v) is 11.3. The highest BCUT2D eigenvalue weighted by atomic mass is 79.9. The highest BCUT2D eigenvalue weighted by Crippen LogP contribution is 2.13. The molecule has 1 N–H and O–H groups in total. The van der Waals surface area contributed by atoms with Crippen LogP contribution >= 0.6 is 15.9 Å². The number of carboxylic acids is 1. The lowest BCUT2D eigenvalue weighted by atomic mass is 10.2. The first-order valence-corrected chi connectivity index (χ1v) is 6.16. The van der Waals surface area contributed by atoms with Gasteiger partial charge in [-0.15, -0.1) is 0 Å². The van der Waals surface area contributed by atoms with Crippen molar-refractivity contribution in [2.24, 2.45) is 0 Å². The van der Waals surface area contributed by atoms with E-state index in [1.807, 2.05) is 24.3 Å². The molecule has 2 rings (SSSR count). The molecule has 1 heterocycles. The van der Waals surface area contributed by atoms with Crippen molar-refractivity contribution in [3.05, 3.63) is 68.2 Å². The van der Waals surface area contributed by atoms with Gasteiger partial charge in [0.2, 0.25) is 5.76 Å². The topological polar surface area (TPSA) is 67.5 Å². The van der Waals surface area contributed by atoms with E-state index in [0.29, 0.717) is 0 Å². The van der Waals surface area contributed by atoms with Gasteiger partial charge in [0.05, 0.1) is 0 Å². The van der Waals surface area contributed by atoms with Crippen LogP contribution < -0.4 is 5.43 Å². The van der Waals surface area contributed by atoms with E-state index in [9.17, 15) is 9.59 Å². The number of halogens is 1. The lowest BCUT2D eigenvalue weighted by molar-refractivity contribution is 0.0659. The van der Waals surface area contributed by atoms with Gasteiger partial charge in [-0.25, -0.2) is 4.79 Å². The first kappa shape index (κ1) is 13.3. The van der Waals surface area contributed by atoms with Gasteiger partial charge in [-0.3, -0.25) is 4.79 Å². The predicted octanol–water partition coefficient (Wildman–Crippen LogP) is 3.27. The molecule has 0 fully saturated rings. The van der Waals surface area contributed by atoms with Crippen molar-refractivity contribution in [2.75, 3.05) is 0 Å². The Morgan fingerprint density at radius 3 is 2.47 bits per heavy atom. The number of carbonyl (C=O) groups is 1. The van der Waals surface area contributed by atoms with Crippen molar-refractivity contribution in [1.29, 1.82) is 0 Å². The third kappa shape index (κ3) is 3.66. The smallest absolute Gasteiger partial charge is 0.371 e. The maximum absolute atomic E-state index is 11.3. The zero-order valence-electron chi connectivity index (χ0n) is 9.67. The van der Waals surface area contributed by atoms with Crippen LogP contribution in [-0.4, -0.2) is 11.1 Å². The Labute approximate surface area is 117 Å². The van der Waals surface area contributed by atoms with Crippen LogP contribution in [-0.2, 0) is 0 Å². The van der Waals surface area contributed by atoms with Crippen LogP contribution in [0.3, 0.4) is 0 Å². The molecule has 19 heavy (non-hydrogen) atoms. The molecule has 0 radical (unpaired) electrons. The number of carboxylic acid groups (broad SMARTS) is 1. The molecule has 0 aliphatic rings. The largest absolute Gasteiger partial charge is 0.475 e. The molecule has 0 spiro atoms. The summed E-state index contributed by atoms with van der Waals surface area (Å²) in [6, 6.07) is 9.69. The number of rotatable bonds is 3. The van der Waals surface area contributed by atoms with E-state index in [0.717, 1.165) is 16.1 Å². The fourth-order valence-electron chi connectivity index (χ4n) is 1.44. The summed E-state index contributed by atoms with van der Waals surface area (Å²) >= 11 is 3.33. The van der Waals surface area contributed by atoms with Gasteiger partial charge in [0.25, 0.3) is 0 Å². The summed E-state index contributed by atoms with van der Waals surface area (Å²) in [5.41, 5.74) is 0.505. The van der Waals surface area contributed by atoms with E-state index in [2.05, 4.69) is 15.9 Å². The van der Waals surface area contributed by atoms with E-state index in [-0.39, 0.29) is 11.5 Å². The molecule has 0 aliphatic carbocycles. The van der Waals surface area contributed by atoms with Gasteiger partial charge in [-0.2, -0.15) is 0 Å². The van der Waals surface area contributed by atoms with Crippen LogP contribution in [0.25, 0.3) is 12.2 Å². The Morgan fingerprint density at radius 2 is 1.84 bits per heavy atom. The lowest BCUT2D eigenvalue weighted by Gasteiger charge is -1.97. The molecule has 0 atom stereocenters. The Bertz CT molecular complexity index is 683. The minimum Gasteiger partial charge on any atom is -0.475 e. The Kier molecular flexibility index (Phi) is 3.97. The molecule has 5 heteroatoms. The SMILES string of the molecule is O=C(O)c1cc(=O)cc(/C=C/c2ccc(Br)cc2)o1. The monoisotopic (exact) mass is 320 g/mol. The van der Waals surface area contributed by atoms with Crippen LogP contribution in [0.15, 0.2) is 50.1 Å². The normalized spacial score (nSPS) is 10.8. The summed E-state index contributed by atoms with van der Waals surface area (Å²) in [6.45, 7) is 0. The minimum atomic E-state index is -1.27. The van der Waals surface area contributed by atoms with E-state index >= 15 is 0 Å². The van der Waals surface area contributed by atoms with Crippen molar-refractivity contribution < 1.29 is 14.3 Å². The quantitative estimate of drug-likeness (QED) is 0.942. The highest BCUT2D eigenvalue weighted by molar-refractivity contribution is 9.10. The van der Waals surface area contributed by atoms with E-state index in [1.54, 1.807) is 12.2 Å². The van der Waals surface area contributed by atoms with Crippen molar-refractivity contribution in [1.82, 2.24) is 0 Å². The Morgan fingerprint density at radius 1 is 1.16 bits per heavy atom. The molecular weight excluding hydrogens is 312 g/mol. The molecule has 1 aromatic heterocycles. The van der Waals surface area contributed by atoms with Gasteiger partial charge in [-0.1, -0.05) is 34.1 Å². The van der Waals surface area contributed by atoms with Crippen LogP contribution in [0.1, 0.15) is 21.9 Å². The molecule has 0 bridgehead atoms. The molecule has 0 saturated carbocycles. The third-order valence-corrected chi connectivity index (χ3v) is 2.84. The number of aromatic carboxylic acids is 1. The standard InChI is InChI=1S/C14H9BrO4/c15-10-4-1-9(2-5-10)3-6-12-7-11(16)8-13(19-12)14(17)18/h1-8H,(H,17,18)/b6-3+. The van der Waals surface area contributed by atoms with Gasteiger partial charge >= 0.3 is 5.97 Å². The van der Waals surface area contributed by atoms with Crippen LogP contribution in [0, 0.1) is 0 Å². The van der Waals surface area contributed by atoms with Gasteiger partial charge in [-0.05, 0) is 23.8 Å². The first-order chi connectivity index (χ1) is 9.04. The highest BCUT2D eigenvalue weighted by Gasteiger charge is 2.07. The minimum absolute atomic E-state index is 0.202. The summed E-state index contributed by atoms with van der Waals surface area (Å²) in [6.07, 6.45) is 3.29. The van der Waals surface area contributed by atoms with Crippen molar-refractivity contribution >= 4 is 34.1 Å². The van der Waals surface area contributed by atoms with Gasteiger partial charge in [0, 0.05) is 16.6 Å². The maximum atomic E-state index is 11.3. The third-order valence-electron chi connectivity index (χ3n) is 2.31. The summed E-state index contributed by atoms with van der Waals surface area (Å²) in [7, 11) is 0.